The van der Waals surface area contributed by atoms with Crippen LogP contribution < -0.4 is 19.1 Å². The second-order valence-corrected chi connectivity index (χ2v) is 9.41. The predicted molar refractivity (Wildman–Crippen MR) is 139 cm³/mol. The van der Waals surface area contributed by atoms with Crippen LogP contribution in [0.25, 0.3) is 0 Å². The van der Waals surface area contributed by atoms with E-state index in [0.717, 1.165) is 5.56 Å². The van der Waals surface area contributed by atoms with Crippen molar-refractivity contribution in [2.24, 2.45) is 5.10 Å². The summed E-state index contributed by atoms with van der Waals surface area (Å²) in [6, 6.07) is 15.3. The number of amides is 1. The smallest absolute Gasteiger partial charge is 0.339 e. The molecule has 0 heterocycles. The van der Waals surface area contributed by atoms with Crippen LogP contribution in [0, 0.1) is 6.92 Å². The van der Waals surface area contributed by atoms with Crippen LogP contribution in [0.2, 0.25) is 5.02 Å². The zero-order chi connectivity index (χ0) is 26.1. The van der Waals surface area contributed by atoms with Crippen molar-refractivity contribution in [3.63, 3.8) is 0 Å². The first-order valence-electron chi connectivity index (χ1n) is 10.9. The Bertz CT molecular complexity index is 1370. The SMILES string of the molecule is C=CCOc1ccc(C(=O)N/N=C/c2cc(Cl)ccc2OS(=O)(=O)c2ccc(C)cc2)cc1OCC. The number of ether oxygens (including phenoxy) is 2. The molecule has 1 amide bonds. The lowest BCUT2D eigenvalue weighted by atomic mass is 10.2. The van der Waals surface area contributed by atoms with Crippen molar-refractivity contribution in [2.45, 2.75) is 18.7 Å². The van der Waals surface area contributed by atoms with Gasteiger partial charge in [-0.1, -0.05) is 42.0 Å². The molecule has 188 valence electrons. The molecule has 0 atom stereocenters. The number of carbonyl (C=O) groups excluding carboxylic acids is 1. The molecule has 0 aliphatic carbocycles. The van der Waals surface area contributed by atoms with Gasteiger partial charge in [0.05, 0.1) is 12.8 Å². The van der Waals surface area contributed by atoms with Crippen LogP contribution in [-0.4, -0.2) is 33.8 Å². The Morgan fingerprint density at radius 2 is 1.75 bits per heavy atom. The zero-order valence-corrected chi connectivity index (χ0v) is 21.3. The topological polar surface area (TPSA) is 103 Å². The summed E-state index contributed by atoms with van der Waals surface area (Å²) in [4.78, 5) is 12.6. The number of nitrogens with zero attached hydrogens (tertiary/aromatic N) is 1. The van der Waals surface area contributed by atoms with Crippen LogP contribution in [0.4, 0.5) is 0 Å². The number of carbonyl (C=O) groups is 1. The molecule has 1 N–H and O–H groups in total. The van der Waals surface area contributed by atoms with Crippen LogP contribution in [-0.2, 0) is 10.1 Å². The van der Waals surface area contributed by atoms with E-state index < -0.39 is 16.0 Å². The Morgan fingerprint density at radius 3 is 2.44 bits per heavy atom. The summed E-state index contributed by atoms with van der Waals surface area (Å²) < 4.78 is 41.8. The first-order chi connectivity index (χ1) is 17.2. The minimum absolute atomic E-state index is 0.000302. The van der Waals surface area contributed by atoms with E-state index in [2.05, 4.69) is 17.1 Å². The number of aryl methyl sites for hydroxylation is 1. The molecule has 8 nitrogen and oxygen atoms in total. The van der Waals surface area contributed by atoms with Gasteiger partial charge in [0.1, 0.15) is 11.5 Å². The standard InChI is InChI=1S/C26H25ClN2O6S/c1-4-14-34-24-12-8-19(16-25(24)33-5-2)26(30)29-28-17-20-15-21(27)9-13-23(20)35-36(31,32)22-10-6-18(3)7-11-22/h4,6-13,15-17H,1,5,14H2,2-3H3,(H,29,30)/b28-17+. The molecule has 0 bridgehead atoms. The number of nitrogens with one attached hydrogen (secondary N) is 1. The van der Waals surface area contributed by atoms with Gasteiger partial charge in [-0.25, -0.2) is 5.43 Å². The van der Waals surface area contributed by atoms with Crippen molar-refractivity contribution < 1.29 is 26.9 Å². The molecule has 0 radical (unpaired) electrons. The van der Waals surface area contributed by atoms with E-state index in [4.69, 9.17) is 25.3 Å². The molecule has 3 aromatic carbocycles. The van der Waals surface area contributed by atoms with Crippen molar-refractivity contribution in [3.05, 3.63) is 95.0 Å². The van der Waals surface area contributed by atoms with E-state index in [1.54, 1.807) is 30.3 Å². The second kappa shape index (κ2) is 12.2. The Balaban J connectivity index is 1.77. The third-order valence-corrected chi connectivity index (χ3v) is 6.20. The molecule has 10 heteroatoms. The summed E-state index contributed by atoms with van der Waals surface area (Å²) in [5, 5.41) is 4.27. The summed E-state index contributed by atoms with van der Waals surface area (Å²) in [5.74, 6) is 0.370. The van der Waals surface area contributed by atoms with Crippen LogP contribution in [0.3, 0.4) is 0 Å². The molecule has 0 aliphatic heterocycles. The lowest BCUT2D eigenvalue weighted by Gasteiger charge is -2.12. The van der Waals surface area contributed by atoms with Crippen molar-refractivity contribution in [3.8, 4) is 17.2 Å². The molecule has 0 spiro atoms. The van der Waals surface area contributed by atoms with Gasteiger partial charge in [-0.2, -0.15) is 13.5 Å². The molecule has 3 rings (SSSR count). The van der Waals surface area contributed by atoms with Crippen molar-refractivity contribution in [2.75, 3.05) is 13.2 Å². The Kier molecular flexibility index (Phi) is 9.10. The number of hydrogen-bond donors (Lipinski definition) is 1. The average molecular weight is 529 g/mol. The third-order valence-electron chi connectivity index (χ3n) is 4.71. The average Bonchev–Trinajstić information content (AvgIpc) is 2.85. The lowest BCUT2D eigenvalue weighted by Crippen LogP contribution is -2.18. The molecule has 0 aliphatic rings. The molecule has 36 heavy (non-hydrogen) atoms. The van der Waals surface area contributed by atoms with Crippen molar-refractivity contribution >= 4 is 33.8 Å². The van der Waals surface area contributed by atoms with Crippen LogP contribution in [0.1, 0.15) is 28.4 Å². The number of hydrogen-bond acceptors (Lipinski definition) is 7. The predicted octanol–water partition coefficient (Wildman–Crippen LogP) is 5.14. The molecular formula is C26H25ClN2O6S. The van der Waals surface area contributed by atoms with Gasteiger partial charge in [0.2, 0.25) is 0 Å². The fourth-order valence-electron chi connectivity index (χ4n) is 2.98. The van der Waals surface area contributed by atoms with Gasteiger partial charge in [-0.3, -0.25) is 4.79 Å². The van der Waals surface area contributed by atoms with E-state index in [-0.39, 0.29) is 21.8 Å². The first-order valence-corrected chi connectivity index (χ1v) is 12.7. The maximum atomic E-state index is 12.7. The van der Waals surface area contributed by atoms with Gasteiger partial charge in [-0.15, -0.1) is 0 Å². The largest absolute Gasteiger partial charge is 0.490 e. The zero-order valence-electron chi connectivity index (χ0n) is 19.7. The molecule has 0 aromatic heterocycles. The van der Waals surface area contributed by atoms with Gasteiger partial charge >= 0.3 is 10.1 Å². The monoisotopic (exact) mass is 528 g/mol. The summed E-state index contributed by atoms with van der Waals surface area (Å²) in [7, 11) is -4.09. The summed E-state index contributed by atoms with van der Waals surface area (Å²) in [5.41, 5.74) is 3.84. The molecule has 0 unspecified atom stereocenters. The van der Waals surface area contributed by atoms with E-state index in [0.29, 0.717) is 29.7 Å². The Hall–Kier alpha value is -3.82. The molecule has 0 saturated heterocycles. The number of benzene rings is 3. The molecule has 0 fully saturated rings. The van der Waals surface area contributed by atoms with Crippen LogP contribution in [0.5, 0.6) is 17.2 Å². The van der Waals surface area contributed by atoms with Gasteiger partial charge in [0.15, 0.2) is 17.2 Å². The second-order valence-electron chi connectivity index (χ2n) is 7.43. The summed E-state index contributed by atoms with van der Waals surface area (Å²) in [6.07, 6.45) is 2.85. The maximum Gasteiger partial charge on any atom is 0.339 e. The summed E-state index contributed by atoms with van der Waals surface area (Å²) in [6.45, 7) is 7.95. The minimum Gasteiger partial charge on any atom is -0.490 e. The van der Waals surface area contributed by atoms with Crippen LogP contribution >= 0.6 is 11.6 Å². The van der Waals surface area contributed by atoms with Gasteiger partial charge in [-0.05, 0) is 62.4 Å². The quantitative estimate of drug-likeness (QED) is 0.160. The minimum atomic E-state index is -4.09. The van der Waals surface area contributed by atoms with E-state index in [1.165, 1.54) is 42.6 Å². The van der Waals surface area contributed by atoms with Crippen LogP contribution in [0.15, 0.2) is 83.3 Å². The van der Waals surface area contributed by atoms with Crippen molar-refractivity contribution in [1.82, 2.24) is 5.43 Å². The summed E-state index contributed by atoms with van der Waals surface area (Å²) >= 11 is 6.07. The number of rotatable bonds is 11. The highest BCUT2D eigenvalue weighted by atomic mass is 35.5. The highest BCUT2D eigenvalue weighted by Gasteiger charge is 2.18. The van der Waals surface area contributed by atoms with Crippen molar-refractivity contribution in [1.29, 1.82) is 0 Å². The fourth-order valence-corrected chi connectivity index (χ4v) is 4.11. The number of halogens is 1. The van der Waals surface area contributed by atoms with E-state index in [9.17, 15) is 13.2 Å². The Morgan fingerprint density at radius 1 is 1.03 bits per heavy atom. The maximum absolute atomic E-state index is 12.7. The fraction of sp³-hybridized carbons (Fsp3) is 0.154. The third kappa shape index (κ3) is 7.10. The lowest BCUT2D eigenvalue weighted by molar-refractivity contribution is 0.0954. The first kappa shape index (κ1) is 26.8. The van der Waals surface area contributed by atoms with Gasteiger partial charge in [0.25, 0.3) is 5.91 Å². The van der Waals surface area contributed by atoms with E-state index >= 15 is 0 Å². The molecular weight excluding hydrogens is 504 g/mol. The molecule has 3 aromatic rings. The normalized spacial score (nSPS) is 11.2. The highest BCUT2D eigenvalue weighted by Crippen LogP contribution is 2.29. The number of hydrazone groups is 1. The van der Waals surface area contributed by atoms with Gasteiger partial charge < -0.3 is 13.7 Å². The van der Waals surface area contributed by atoms with E-state index in [1.807, 2.05) is 13.8 Å². The highest BCUT2D eigenvalue weighted by molar-refractivity contribution is 7.87. The Labute approximate surface area is 215 Å². The molecule has 0 saturated carbocycles. The van der Waals surface area contributed by atoms with Gasteiger partial charge in [0, 0.05) is 16.1 Å².